The second-order valence-electron chi connectivity index (χ2n) is 8.19. The minimum absolute atomic E-state index is 0.111. The van der Waals surface area contributed by atoms with Gasteiger partial charge in [0.1, 0.15) is 0 Å². The van der Waals surface area contributed by atoms with Gasteiger partial charge in [0.25, 0.3) is 0 Å². The molecule has 7 heteroatoms. The fourth-order valence-corrected chi connectivity index (χ4v) is 3.58. The van der Waals surface area contributed by atoms with Gasteiger partial charge in [-0.2, -0.15) is 0 Å². The van der Waals surface area contributed by atoms with Gasteiger partial charge in [0, 0.05) is 44.3 Å². The summed E-state index contributed by atoms with van der Waals surface area (Å²) >= 11 is 0. The fraction of sp³-hybridized carbons (Fsp3) is 0.636. The van der Waals surface area contributed by atoms with Gasteiger partial charge in [-0.05, 0) is 46.1 Å². The predicted octanol–water partition coefficient (Wildman–Crippen LogP) is 2.90. The lowest BCUT2D eigenvalue weighted by atomic mass is 10.0. The highest BCUT2D eigenvalue weighted by Crippen LogP contribution is 2.16. The summed E-state index contributed by atoms with van der Waals surface area (Å²) in [6.07, 6.45) is 1.55. The molecular formula is C22H37N5O2. The van der Waals surface area contributed by atoms with E-state index in [1.807, 2.05) is 13.0 Å². The molecule has 0 aliphatic carbocycles. The normalized spacial score (nSPS) is 17.0. The molecule has 1 heterocycles. The van der Waals surface area contributed by atoms with Gasteiger partial charge in [0.2, 0.25) is 0 Å². The molecule has 7 nitrogen and oxygen atoms in total. The Bertz CT molecular complexity index is 654. The average Bonchev–Trinajstić information content (AvgIpc) is 2.72. The Morgan fingerprint density at radius 3 is 2.52 bits per heavy atom. The summed E-state index contributed by atoms with van der Waals surface area (Å²) in [5, 5.41) is 10.6. The van der Waals surface area contributed by atoms with Gasteiger partial charge < -0.3 is 25.6 Å². The third-order valence-corrected chi connectivity index (χ3v) is 5.19. The molecule has 1 amide bonds. The van der Waals surface area contributed by atoms with E-state index in [2.05, 4.69) is 66.0 Å². The minimum atomic E-state index is -0.214. The first-order chi connectivity index (χ1) is 13.8. The molecule has 2 rings (SSSR count). The van der Waals surface area contributed by atoms with Crippen LogP contribution in [0.1, 0.15) is 52.1 Å². The van der Waals surface area contributed by atoms with Gasteiger partial charge >= 0.3 is 6.09 Å². The van der Waals surface area contributed by atoms with Crippen LogP contribution in [0.2, 0.25) is 0 Å². The molecule has 0 radical (unpaired) electrons. The number of likely N-dealkylation sites (tertiary alicyclic amines) is 1. The molecule has 0 spiro atoms. The number of hydrogen-bond acceptors (Lipinski definition) is 4. The molecule has 1 aromatic rings. The Morgan fingerprint density at radius 2 is 1.93 bits per heavy atom. The molecule has 0 bridgehead atoms. The van der Waals surface area contributed by atoms with Crippen molar-refractivity contribution < 1.29 is 9.53 Å². The van der Waals surface area contributed by atoms with Crippen LogP contribution in [-0.4, -0.2) is 61.8 Å². The van der Waals surface area contributed by atoms with E-state index in [0.717, 1.165) is 25.3 Å². The van der Waals surface area contributed by atoms with Crippen molar-refractivity contribution in [1.29, 1.82) is 0 Å². The van der Waals surface area contributed by atoms with Crippen molar-refractivity contribution in [2.75, 3.05) is 33.3 Å². The zero-order chi connectivity index (χ0) is 21.3. The van der Waals surface area contributed by atoms with E-state index in [4.69, 9.17) is 4.74 Å². The molecule has 1 saturated heterocycles. The van der Waals surface area contributed by atoms with Crippen LogP contribution in [0.4, 0.5) is 4.79 Å². The maximum atomic E-state index is 11.8. The summed E-state index contributed by atoms with van der Waals surface area (Å²) in [6, 6.07) is 11.0. The monoisotopic (exact) mass is 403 g/mol. The van der Waals surface area contributed by atoms with Crippen molar-refractivity contribution in [1.82, 2.24) is 20.9 Å². The second-order valence-corrected chi connectivity index (χ2v) is 8.19. The molecule has 1 unspecified atom stereocenters. The number of nitrogens with one attached hydrogen (secondary N) is 3. The van der Waals surface area contributed by atoms with E-state index < -0.39 is 0 Å². The lowest BCUT2D eigenvalue weighted by Crippen LogP contribution is -2.54. The Morgan fingerprint density at radius 1 is 1.28 bits per heavy atom. The number of guanidine groups is 1. The molecular weight excluding hydrogens is 366 g/mol. The van der Waals surface area contributed by atoms with Gasteiger partial charge in [-0.3, -0.25) is 4.99 Å². The SMILES string of the molecule is CCOC(=O)N1CCC(NC(=NC)NCC(C)(C)NC(C)c2ccccc2)CC1. The number of benzene rings is 1. The summed E-state index contributed by atoms with van der Waals surface area (Å²) in [4.78, 5) is 18.0. The molecule has 0 aromatic heterocycles. The van der Waals surface area contributed by atoms with Crippen LogP contribution < -0.4 is 16.0 Å². The van der Waals surface area contributed by atoms with Gasteiger partial charge in [0.15, 0.2) is 5.96 Å². The number of amides is 1. The Balaban J connectivity index is 1.77. The van der Waals surface area contributed by atoms with Crippen LogP contribution in [0.5, 0.6) is 0 Å². The highest BCUT2D eigenvalue weighted by atomic mass is 16.6. The standard InChI is InChI=1S/C22H37N5O2/c1-6-29-21(28)27-14-12-19(13-15-27)25-20(23-5)24-16-22(3,4)26-17(2)18-10-8-7-9-11-18/h7-11,17,19,26H,6,12-16H2,1-5H3,(H2,23,24,25). The lowest BCUT2D eigenvalue weighted by Gasteiger charge is -2.34. The minimum Gasteiger partial charge on any atom is -0.450 e. The molecule has 3 N–H and O–H groups in total. The maximum absolute atomic E-state index is 11.8. The third-order valence-electron chi connectivity index (χ3n) is 5.19. The number of rotatable bonds is 7. The first kappa shape index (κ1) is 23.0. The highest BCUT2D eigenvalue weighted by Gasteiger charge is 2.25. The van der Waals surface area contributed by atoms with Crippen molar-refractivity contribution in [3.05, 3.63) is 35.9 Å². The van der Waals surface area contributed by atoms with Gasteiger partial charge in [-0.1, -0.05) is 30.3 Å². The highest BCUT2D eigenvalue weighted by molar-refractivity contribution is 5.80. The second kappa shape index (κ2) is 11.0. The van der Waals surface area contributed by atoms with Crippen molar-refractivity contribution in [3.8, 4) is 0 Å². The number of ether oxygens (including phenoxy) is 1. The molecule has 162 valence electrons. The van der Waals surface area contributed by atoms with E-state index in [9.17, 15) is 4.79 Å². The average molecular weight is 404 g/mol. The number of piperidine rings is 1. The van der Waals surface area contributed by atoms with Crippen molar-refractivity contribution in [3.63, 3.8) is 0 Å². The van der Waals surface area contributed by atoms with Crippen molar-refractivity contribution >= 4 is 12.1 Å². The summed E-state index contributed by atoms with van der Waals surface area (Å²) in [6.45, 7) is 10.9. The van der Waals surface area contributed by atoms with E-state index in [1.165, 1.54) is 5.56 Å². The predicted molar refractivity (Wildman–Crippen MR) is 118 cm³/mol. The number of hydrogen-bond donors (Lipinski definition) is 3. The summed E-state index contributed by atoms with van der Waals surface area (Å²) in [5.74, 6) is 0.793. The van der Waals surface area contributed by atoms with Crippen LogP contribution in [-0.2, 0) is 4.74 Å². The van der Waals surface area contributed by atoms with Crippen LogP contribution in [0, 0.1) is 0 Å². The van der Waals surface area contributed by atoms with Crippen molar-refractivity contribution in [2.45, 2.75) is 58.2 Å². The zero-order valence-electron chi connectivity index (χ0n) is 18.5. The van der Waals surface area contributed by atoms with Crippen LogP contribution in [0.15, 0.2) is 35.3 Å². The van der Waals surface area contributed by atoms with E-state index >= 15 is 0 Å². The fourth-order valence-electron chi connectivity index (χ4n) is 3.58. The van der Waals surface area contributed by atoms with Crippen LogP contribution in [0.3, 0.4) is 0 Å². The van der Waals surface area contributed by atoms with Gasteiger partial charge in [0.05, 0.1) is 6.61 Å². The summed E-state index contributed by atoms with van der Waals surface area (Å²) in [7, 11) is 1.79. The maximum Gasteiger partial charge on any atom is 0.409 e. The molecule has 0 saturated carbocycles. The quantitative estimate of drug-likeness (QED) is 0.482. The lowest BCUT2D eigenvalue weighted by molar-refractivity contribution is 0.0963. The molecule has 1 aromatic carbocycles. The smallest absolute Gasteiger partial charge is 0.409 e. The molecule has 1 aliphatic heterocycles. The zero-order valence-corrected chi connectivity index (χ0v) is 18.5. The Hall–Kier alpha value is -2.28. The first-order valence-electron chi connectivity index (χ1n) is 10.6. The summed E-state index contributed by atoms with van der Waals surface area (Å²) in [5.41, 5.74) is 1.16. The molecule has 1 fully saturated rings. The first-order valence-corrected chi connectivity index (χ1v) is 10.6. The van der Waals surface area contributed by atoms with Crippen LogP contribution in [0.25, 0.3) is 0 Å². The van der Waals surface area contributed by atoms with Gasteiger partial charge in [-0.25, -0.2) is 4.79 Å². The molecule has 1 atom stereocenters. The molecule has 1 aliphatic rings. The van der Waals surface area contributed by atoms with E-state index in [0.29, 0.717) is 25.7 Å². The van der Waals surface area contributed by atoms with Gasteiger partial charge in [-0.15, -0.1) is 0 Å². The molecule has 29 heavy (non-hydrogen) atoms. The largest absolute Gasteiger partial charge is 0.450 e. The van der Waals surface area contributed by atoms with Crippen molar-refractivity contribution in [2.24, 2.45) is 4.99 Å². The third kappa shape index (κ3) is 7.57. The van der Waals surface area contributed by atoms with E-state index in [-0.39, 0.29) is 17.7 Å². The van der Waals surface area contributed by atoms with E-state index in [1.54, 1.807) is 11.9 Å². The number of nitrogens with zero attached hydrogens (tertiary/aromatic N) is 2. The number of carbonyl (C=O) groups is 1. The topological polar surface area (TPSA) is 78.0 Å². The number of carbonyl (C=O) groups excluding carboxylic acids is 1. The Kier molecular flexibility index (Phi) is 8.76. The number of aliphatic imine (C=N–C) groups is 1. The van der Waals surface area contributed by atoms with Crippen LogP contribution >= 0.6 is 0 Å². The summed E-state index contributed by atoms with van der Waals surface area (Å²) < 4.78 is 5.08. The Labute approximate surface area is 175 Å².